The van der Waals surface area contributed by atoms with Gasteiger partial charge >= 0.3 is 7.82 Å². The van der Waals surface area contributed by atoms with Crippen LogP contribution in [0.4, 0.5) is 0 Å². The lowest BCUT2D eigenvalue weighted by Gasteiger charge is -2.26. The van der Waals surface area contributed by atoms with Crippen molar-refractivity contribution < 1.29 is 32.9 Å². The standard InChI is InChI=1S/C59H119N2O6P/c1-6-8-10-12-14-16-18-20-22-24-26-27-28-29-30-31-32-33-35-37-39-41-43-45-47-49-51-53-59(63)60-57(56-67-68(64,65)66-55-54-61(3,4)5)58(62)52-50-48-46-44-42-40-38-36-34-25-23-21-19-17-15-13-11-9-7-2/h29-30,57-58,62H,6-28,31-56H2,1-5H3,(H-,60,63,64,65)/p+1/b30-29-. The Balaban J connectivity index is 4.10. The number of quaternary nitrogens is 1. The predicted octanol–water partition coefficient (Wildman–Crippen LogP) is 18.2. The molecular formula is C59H120N2O6P+. The van der Waals surface area contributed by atoms with Crippen LogP contribution in [0.1, 0.15) is 309 Å². The molecule has 1 amide bonds. The largest absolute Gasteiger partial charge is 0.472 e. The van der Waals surface area contributed by atoms with E-state index in [9.17, 15) is 19.4 Å². The van der Waals surface area contributed by atoms with Gasteiger partial charge in [-0.05, 0) is 38.5 Å². The molecule has 0 aromatic heterocycles. The number of amides is 1. The third kappa shape index (κ3) is 53.0. The number of nitrogens with one attached hydrogen (secondary N) is 1. The number of phosphoric ester groups is 1. The smallest absolute Gasteiger partial charge is 0.391 e. The molecule has 3 unspecified atom stereocenters. The average molecular weight is 985 g/mol. The molecule has 0 rings (SSSR count). The zero-order chi connectivity index (χ0) is 49.9. The van der Waals surface area contributed by atoms with Gasteiger partial charge < -0.3 is 19.8 Å². The number of rotatable bonds is 56. The Labute approximate surface area is 424 Å². The fourth-order valence-electron chi connectivity index (χ4n) is 9.28. The van der Waals surface area contributed by atoms with Crippen LogP contribution in [0.25, 0.3) is 0 Å². The minimum absolute atomic E-state index is 0.0772. The number of carbonyl (C=O) groups is 1. The molecule has 0 saturated heterocycles. The number of likely N-dealkylation sites (N-methyl/N-ethyl adjacent to an activating group) is 1. The van der Waals surface area contributed by atoms with Gasteiger partial charge in [0.1, 0.15) is 13.2 Å². The molecule has 0 bridgehead atoms. The van der Waals surface area contributed by atoms with Crippen molar-refractivity contribution in [2.75, 3.05) is 40.9 Å². The van der Waals surface area contributed by atoms with Crippen LogP contribution in [0.15, 0.2) is 12.2 Å². The van der Waals surface area contributed by atoms with Gasteiger partial charge in [0.05, 0.1) is 39.9 Å². The number of unbranched alkanes of at least 4 members (excludes halogenated alkanes) is 41. The highest BCUT2D eigenvalue weighted by atomic mass is 31.2. The van der Waals surface area contributed by atoms with Gasteiger partial charge in [-0.3, -0.25) is 13.8 Å². The molecule has 3 N–H and O–H groups in total. The van der Waals surface area contributed by atoms with Gasteiger partial charge in [0, 0.05) is 6.42 Å². The van der Waals surface area contributed by atoms with Crippen LogP contribution in [0.2, 0.25) is 0 Å². The van der Waals surface area contributed by atoms with E-state index in [4.69, 9.17) is 9.05 Å². The lowest BCUT2D eigenvalue weighted by molar-refractivity contribution is -0.870. The highest BCUT2D eigenvalue weighted by molar-refractivity contribution is 7.47. The molecule has 9 heteroatoms. The molecule has 0 aliphatic carbocycles. The van der Waals surface area contributed by atoms with Crippen LogP contribution in [-0.4, -0.2) is 73.4 Å². The van der Waals surface area contributed by atoms with Gasteiger partial charge in [-0.1, -0.05) is 276 Å². The summed E-state index contributed by atoms with van der Waals surface area (Å²) in [5.41, 5.74) is 0. The molecule has 0 aliphatic heterocycles. The molecule has 0 aromatic carbocycles. The number of hydrogen-bond donors (Lipinski definition) is 3. The molecule has 68 heavy (non-hydrogen) atoms. The Kier molecular flexibility index (Phi) is 50.6. The van der Waals surface area contributed by atoms with E-state index in [1.807, 2.05) is 21.1 Å². The van der Waals surface area contributed by atoms with Crippen LogP contribution in [0, 0.1) is 0 Å². The van der Waals surface area contributed by atoms with Crippen molar-refractivity contribution in [3.05, 3.63) is 12.2 Å². The molecule has 0 saturated carbocycles. The minimum atomic E-state index is -4.32. The second-order valence-electron chi connectivity index (χ2n) is 22.1. The Morgan fingerprint density at radius 1 is 0.485 bits per heavy atom. The van der Waals surface area contributed by atoms with Crippen LogP contribution in [-0.2, 0) is 18.4 Å². The lowest BCUT2D eigenvalue weighted by atomic mass is 10.0. The first kappa shape index (κ1) is 67.2. The van der Waals surface area contributed by atoms with Crippen molar-refractivity contribution in [2.45, 2.75) is 321 Å². The van der Waals surface area contributed by atoms with Gasteiger partial charge in [0.2, 0.25) is 5.91 Å². The minimum Gasteiger partial charge on any atom is -0.391 e. The van der Waals surface area contributed by atoms with Gasteiger partial charge in [0.25, 0.3) is 0 Å². The highest BCUT2D eigenvalue weighted by Crippen LogP contribution is 2.43. The fraction of sp³-hybridized carbons (Fsp3) is 0.949. The molecule has 8 nitrogen and oxygen atoms in total. The zero-order valence-corrected chi connectivity index (χ0v) is 47.3. The summed E-state index contributed by atoms with van der Waals surface area (Å²) in [4.78, 5) is 23.4. The molecule has 0 aliphatic rings. The van der Waals surface area contributed by atoms with Crippen molar-refractivity contribution in [1.29, 1.82) is 0 Å². The summed E-state index contributed by atoms with van der Waals surface area (Å²) in [7, 11) is 1.63. The summed E-state index contributed by atoms with van der Waals surface area (Å²) < 4.78 is 23.8. The normalized spacial score (nSPS) is 13.9. The van der Waals surface area contributed by atoms with Crippen molar-refractivity contribution in [3.63, 3.8) is 0 Å². The van der Waals surface area contributed by atoms with E-state index in [0.717, 1.165) is 38.5 Å². The average Bonchev–Trinajstić information content (AvgIpc) is 3.30. The molecule has 0 radical (unpaired) electrons. The summed E-state index contributed by atoms with van der Waals surface area (Å²) in [5.74, 6) is -0.139. The van der Waals surface area contributed by atoms with E-state index in [1.165, 1.54) is 244 Å². The van der Waals surface area contributed by atoms with E-state index in [0.29, 0.717) is 23.9 Å². The predicted molar refractivity (Wildman–Crippen MR) is 295 cm³/mol. The van der Waals surface area contributed by atoms with Gasteiger partial charge in [-0.15, -0.1) is 0 Å². The van der Waals surface area contributed by atoms with E-state index < -0.39 is 20.0 Å². The number of phosphoric acid groups is 1. The van der Waals surface area contributed by atoms with Gasteiger partial charge in [-0.25, -0.2) is 4.57 Å². The SMILES string of the molecule is CCCCCCCCCCCCCC/C=C\CCCCCCCCCCCCCC(=O)NC(COP(=O)(O)OCC[N+](C)(C)C)C(O)CCCCCCCCCCCCCCCCCCCCC. The Morgan fingerprint density at radius 3 is 1.13 bits per heavy atom. The maximum Gasteiger partial charge on any atom is 0.472 e. The Hall–Kier alpha value is -0.760. The third-order valence-corrected chi connectivity index (χ3v) is 15.0. The van der Waals surface area contributed by atoms with Gasteiger partial charge in [0.15, 0.2) is 0 Å². The zero-order valence-electron chi connectivity index (χ0n) is 46.4. The number of allylic oxidation sites excluding steroid dienone is 2. The topological polar surface area (TPSA) is 105 Å². The Morgan fingerprint density at radius 2 is 0.794 bits per heavy atom. The highest BCUT2D eigenvalue weighted by Gasteiger charge is 2.28. The van der Waals surface area contributed by atoms with Crippen molar-refractivity contribution >= 4 is 13.7 Å². The van der Waals surface area contributed by atoms with Crippen LogP contribution < -0.4 is 5.32 Å². The first-order valence-electron chi connectivity index (χ1n) is 30.1. The second-order valence-corrected chi connectivity index (χ2v) is 23.5. The van der Waals surface area contributed by atoms with Crippen LogP contribution >= 0.6 is 7.82 Å². The first-order chi connectivity index (χ1) is 33.0. The molecule has 3 atom stereocenters. The summed E-state index contributed by atoms with van der Waals surface area (Å²) in [6.07, 6.45) is 62.7. The van der Waals surface area contributed by atoms with E-state index in [2.05, 4.69) is 31.3 Å². The van der Waals surface area contributed by atoms with Crippen molar-refractivity contribution in [1.82, 2.24) is 5.32 Å². The third-order valence-electron chi connectivity index (χ3n) is 14.0. The fourth-order valence-corrected chi connectivity index (χ4v) is 10.0. The maximum atomic E-state index is 13.0. The quantitative estimate of drug-likeness (QED) is 0.0243. The van der Waals surface area contributed by atoms with Gasteiger partial charge in [-0.2, -0.15) is 0 Å². The number of aliphatic hydroxyl groups is 1. The molecule has 0 spiro atoms. The molecule has 406 valence electrons. The summed E-state index contributed by atoms with van der Waals surface area (Å²) in [6, 6.07) is -0.758. The molecular weight excluding hydrogens is 864 g/mol. The van der Waals surface area contributed by atoms with Crippen molar-refractivity contribution in [2.24, 2.45) is 0 Å². The number of nitrogens with zero attached hydrogens (tertiary/aromatic N) is 1. The van der Waals surface area contributed by atoms with E-state index in [1.54, 1.807) is 0 Å². The lowest BCUT2D eigenvalue weighted by Crippen LogP contribution is -2.46. The number of carbonyl (C=O) groups excluding carboxylic acids is 1. The maximum absolute atomic E-state index is 13.0. The second kappa shape index (κ2) is 51.2. The Bertz CT molecular complexity index is 1120. The van der Waals surface area contributed by atoms with Crippen LogP contribution in [0.5, 0.6) is 0 Å². The number of aliphatic hydroxyl groups excluding tert-OH is 1. The monoisotopic (exact) mass is 984 g/mol. The van der Waals surface area contributed by atoms with E-state index >= 15 is 0 Å². The summed E-state index contributed by atoms with van der Waals surface area (Å²) in [5, 5.41) is 14.1. The van der Waals surface area contributed by atoms with E-state index in [-0.39, 0.29) is 19.1 Å². The molecule has 0 fully saturated rings. The molecule has 0 heterocycles. The number of hydrogen-bond acceptors (Lipinski definition) is 5. The van der Waals surface area contributed by atoms with Crippen LogP contribution in [0.3, 0.4) is 0 Å². The summed E-state index contributed by atoms with van der Waals surface area (Å²) in [6.45, 7) is 4.94. The van der Waals surface area contributed by atoms with Crippen molar-refractivity contribution in [3.8, 4) is 0 Å². The first-order valence-corrected chi connectivity index (χ1v) is 31.5. The summed E-state index contributed by atoms with van der Waals surface area (Å²) >= 11 is 0. The molecule has 0 aromatic rings.